The first-order valence-corrected chi connectivity index (χ1v) is 8.77. The minimum Gasteiger partial charge on any atom is -0.338 e. The van der Waals surface area contributed by atoms with Gasteiger partial charge in [-0.3, -0.25) is 4.31 Å². The lowest BCUT2D eigenvalue weighted by Gasteiger charge is -2.16. The van der Waals surface area contributed by atoms with Crippen LogP contribution in [0.25, 0.3) is 0 Å². The first kappa shape index (κ1) is 15.6. The quantitative estimate of drug-likeness (QED) is 0.890. The van der Waals surface area contributed by atoms with Crippen LogP contribution < -0.4 is 14.9 Å². The smallest absolute Gasteiger partial charge is 0.319 e. The summed E-state index contributed by atoms with van der Waals surface area (Å²) in [5.74, 6) is 0.388. The number of hydrogen-bond acceptors (Lipinski definition) is 3. The fourth-order valence-electron chi connectivity index (χ4n) is 2.27. The summed E-state index contributed by atoms with van der Waals surface area (Å²) < 4.78 is 24.7. The van der Waals surface area contributed by atoms with Gasteiger partial charge in [0.15, 0.2) is 0 Å². The molecule has 0 saturated heterocycles. The Balaban J connectivity index is 2.08. The monoisotopic (exact) mass is 311 g/mol. The highest BCUT2D eigenvalue weighted by molar-refractivity contribution is 7.92. The van der Waals surface area contributed by atoms with Crippen LogP contribution in [0, 0.1) is 5.92 Å². The molecule has 0 spiro atoms. The molecular formula is C14H21N3O3S. The van der Waals surface area contributed by atoms with Crippen LogP contribution in [0.15, 0.2) is 18.2 Å². The van der Waals surface area contributed by atoms with E-state index in [4.69, 9.17) is 0 Å². The molecule has 21 heavy (non-hydrogen) atoms. The van der Waals surface area contributed by atoms with Crippen molar-refractivity contribution in [2.24, 2.45) is 5.92 Å². The lowest BCUT2D eigenvalue weighted by Crippen LogP contribution is -2.31. The lowest BCUT2D eigenvalue weighted by molar-refractivity contribution is 0.251. The maximum absolute atomic E-state index is 11.7. The number of carbonyl (C=O) groups is 1. The molecule has 0 bridgehead atoms. The van der Waals surface area contributed by atoms with Gasteiger partial charge in [0.1, 0.15) is 0 Å². The van der Waals surface area contributed by atoms with Gasteiger partial charge in [-0.15, -0.1) is 0 Å². The molecule has 1 aromatic rings. The van der Waals surface area contributed by atoms with Crippen molar-refractivity contribution in [1.29, 1.82) is 0 Å². The van der Waals surface area contributed by atoms with Gasteiger partial charge in [-0.1, -0.05) is 13.8 Å². The van der Waals surface area contributed by atoms with Crippen LogP contribution in [0.1, 0.15) is 19.4 Å². The fourth-order valence-corrected chi connectivity index (χ4v) is 3.22. The van der Waals surface area contributed by atoms with Crippen molar-refractivity contribution in [1.82, 2.24) is 5.32 Å². The molecule has 2 N–H and O–H groups in total. The summed E-state index contributed by atoms with van der Waals surface area (Å²) in [6.07, 6.45) is 1.86. The second kappa shape index (κ2) is 5.93. The van der Waals surface area contributed by atoms with E-state index in [0.717, 1.165) is 5.56 Å². The van der Waals surface area contributed by atoms with Gasteiger partial charge in [0.05, 0.1) is 11.9 Å². The summed E-state index contributed by atoms with van der Waals surface area (Å²) in [4.78, 5) is 11.7. The molecule has 1 aliphatic rings. The van der Waals surface area contributed by atoms with E-state index in [1.807, 2.05) is 19.9 Å². The van der Waals surface area contributed by atoms with E-state index in [-0.39, 0.29) is 6.03 Å². The van der Waals surface area contributed by atoms with Crippen molar-refractivity contribution in [3.8, 4) is 0 Å². The second-order valence-corrected chi connectivity index (χ2v) is 7.56. The van der Waals surface area contributed by atoms with Crippen LogP contribution in [0.3, 0.4) is 0 Å². The molecule has 0 saturated carbocycles. The zero-order valence-electron chi connectivity index (χ0n) is 12.5. The van der Waals surface area contributed by atoms with Crippen LogP contribution in [0.5, 0.6) is 0 Å². The topological polar surface area (TPSA) is 78.5 Å². The number of hydrogen-bond donors (Lipinski definition) is 2. The third-order valence-corrected chi connectivity index (χ3v) is 4.44. The molecule has 1 aliphatic heterocycles. The molecule has 2 rings (SSSR count). The summed E-state index contributed by atoms with van der Waals surface area (Å²) in [5, 5.41) is 5.54. The number of sulfonamides is 1. The van der Waals surface area contributed by atoms with Crippen molar-refractivity contribution in [2.75, 3.05) is 29.0 Å². The second-order valence-electron chi connectivity index (χ2n) is 5.66. The minimum atomic E-state index is -3.24. The van der Waals surface area contributed by atoms with E-state index in [1.165, 1.54) is 10.6 Å². The molecule has 116 valence electrons. The van der Waals surface area contributed by atoms with E-state index in [1.54, 1.807) is 12.1 Å². The number of amides is 2. The Hall–Kier alpha value is -1.76. The van der Waals surface area contributed by atoms with Crippen molar-refractivity contribution in [2.45, 2.75) is 20.3 Å². The Morgan fingerprint density at radius 3 is 2.71 bits per heavy atom. The Morgan fingerprint density at radius 2 is 2.10 bits per heavy atom. The average Bonchev–Trinajstić information content (AvgIpc) is 2.79. The van der Waals surface area contributed by atoms with Crippen molar-refractivity contribution < 1.29 is 13.2 Å². The molecule has 0 aliphatic carbocycles. The summed E-state index contributed by atoms with van der Waals surface area (Å²) in [6.45, 7) is 5.11. The first-order chi connectivity index (χ1) is 9.77. The van der Waals surface area contributed by atoms with Crippen molar-refractivity contribution >= 4 is 27.4 Å². The van der Waals surface area contributed by atoms with Gasteiger partial charge in [0.25, 0.3) is 0 Å². The van der Waals surface area contributed by atoms with Crippen LogP contribution in [-0.2, 0) is 16.4 Å². The molecule has 1 heterocycles. The van der Waals surface area contributed by atoms with Gasteiger partial charge in [-0.05, 0) is 36.1 Å². The number of benzene rings is 1. The molecule has 7 heteroatoms. The standard InChI is InChI=1S/C14H21N3O3S/c1-10(2)9-15-14(18)16-12-4-5-13-11(8-12)6-7-17(13)21(3,19)20/h4-5,8,10H,6-7,9H2,1-3H3,(H2,15,16,18). The Kier molecular flexibility index (Phi) is 4.41. The van der Waals surface area contributed by atoms with E-state index in [9.17, 15) is 13.2 Å². The zero-order chi connectivity index (χ0) is 15.6. The molecule has 6 nitrogen and oxygen atoms in total. The number of anilines is 2. The SMILES string of the molecule is CC(C)CNC(=O)Nc1ccc2c(c1)CCN2S(C)(=O)=O. The molecule has 0 fully saturated rings. The number of nitrogens with zero attached hydrogens (tertiary/aromatic N) is 1. The highest BCUT2D eigenvalue weighted by Gasteiger charge is 2.26. The van der Waals surface area contributed by atoms with E-state index >= 15 is 0 Å². The Morgan fingerprint density at radius 1 is 1.38 bits per heavy atom. The molecule has 1 aromatic carbocycles. The zero-order valence-corrected chi connectivity index (χ0v) is 13.3. The van der Waals surface area contributed by atoms with Gasteiger partial charge in [-0.2, -0.15) is 0 Å². The minimum absolute atomic E-state index is 0.249. The average molecular weight is 311 g/mol. The highest BCUT2D eigenvalue weighted by atomic mass is 32.2. The lowest BCUT2D eigenvalue weighted by atomic mass is 10.1. The predicted molar refractivity (Wildman–Crippen MR) is 84.2 cm³/mol. The number of rotatable bonds is 4. The molecule has 0 aromatic heterocycles. The van der Waals surface area contributed by atoms with E-state index in [0.29, 0.717) is 36.8 Å². The normalized spacial score (nSPS) is 14.2. The number of carbonyl (C=O) groups excluding carboxylic acids is 1. The molecule has 2 amide bonds. The van der Waals surface area contributed by atoms with Crippen LogP contribution in [-0.4, -0.2) is 33.8 Å². The van der Waals surface area contributed by atoms with Gasteiger partial charge >= 0.3 is 6.03 Å². The number of urea groups is 1. The third-order valence-electron chi connectivity index (χ3n) is 3.26. The maximum atomic E-state index is 11.7. The molecule has 0 radical (unpaired) electrons. The van der Waals surface area contributed by atoms with Gasteiger partial charge in [-0.25, -0.2) is 13.2 Å². The fraction of sp³-hybridized carbons (Fsp3) is 0.500. The largest absolute Gasteiger partial charge is 0.338 e. The number of fused-ring (bicyclic) bond motifs is 1. The highest BCUT2D eigenvalue weighted by Crippen LogP contribution is 2.31. The van der Waals surface area contributed by atoms with Crippen LogP contribution in [0.2, 0.25) is 0 Å². The predicted octanol–water partition coefficient (Wildman–Crippen LogP) is 1.79. The van der Waals surface area contributed by atoms with Crippen molar-refractivity contribution in [3.63, 3.8) is 0 Å². The first-order valence-electron chi connectivity index (χ1n) is 6.93. The maximum Gasteiger partial charge on any atom is 0.319 e. The molecule has 0 atom stereocenters. The Labute approximate surface area is 125 Å². The van der Waals surface area contributed by atoms with Crippen LogP contribution in [0.4, 0.5) is 16.2 Å². The number of nitrogens with one attached hydrogen (secondary N) is 2. The summed E-state index contributed by atoms with van der Waals surface area (Å²) in [7, 11) is -3.24. The van der Waals surface area contributed by atoms with Gasteiger partial charge < -0.3 is 10.6 Å². The summed E-state index contributed by atoms with van der Waals surface area (Å²) in [6, 6.07) is 5.04. The van der Waals surface area contributed by atoms with E-state index < -0.39 is 10.0 Å². The molecule has 0 unspecified atom stereocenters. The van der Waals surface area contributed by atoms with Gasteiger partial charge in [0.2, 0.25) is 10.0 Å². The van der Waals surface area contributed by atoms with E-state index in [2.05, 4.69) is 10.6 Å². The van der Waals surface area contributed by atoms with Gasteiger partial charge in [0, 0.05) is 18.8 Å². The van der Waals surface area contributed by atoms with Crippen LogP contribution >= 0.6 is 0 Å². The van der Waals surface area contributed by atoms with Crippen molar-refractivity contribution in [3.05, 3.63) is 23.8 Å². The molecular weight excluding hydrogens is 290 g/mol. The Bertz CT molecular complexity index is 641. The summed E-state index contributed by atoms with van der Waals surface area (Å²) in [5.41, 5.74) is 2.30. The summed E-state index contributed by atoms with van der Waals surface area (Å²) >= 11 is 0. The third kappa shape index (κ3) is 3.87.